The first-order chi connectivity index (χ1) is 9.15. The molecule has 0 spiro atoms. The van der Waals surface area contributed by atoms with E-state index in [4.69, 9.17) is 10.5 Å². The molecule has 1 atom stereocenters. The lowest BCUT2D eigenvalue weighted by Gasteiger charge is -2.10. The van der Waals surface area contributed by atoms with Gasteiger partial charge in [0, 0.05) is 31.9 Å². The number of aryl methyl sites for hydroxylation is 1. The Hall–Kier alpha value is -1.69. The summed E-state index contributed by atoms with van der Waals surface area (Å²) in [6, 6.07) is 2.09. The predicted molar refractivity (Wildman–Crippen MR) is 67.6 cm³/mol. The third-order valence-corrected chi connectivity index (χ3v) is 3.59. The van der Waals surface area contributed by atoms with Crippen molar-refractivity contribution in [3.8, 4) is 0 Å². The maximum atomic E-state index is 13.6. The highest BCUT2D eigenvalue weighted by Crippen LogP contribution is 2.24. The second kappa shape index (κ2) is 4.77. The molecule has 1 unspecified atom stereocenters. The van der Waals surface area contributed by atoms with Crippen LogP contribution < -0.4 is 5.73 Å². The molecule has 1 aliphatic heterocycles. The third-order valence-electron chi connectivity index (χ3n) is 3.59. The van der Waals surface area contributed by atoms with E-state index in [1.54, 1.807) is 4.57 Å². The number of nitrogens with zero attached hydrogens (tertiary/aromatic N) is 2. The minimum absolute atomic E-state index is 0.126. The topological polar surface area (TPSA) is 53.1 Å². The smallest absolute Gasteiger partial charge is 0.201 e. The summed E-state index contributed by atoms with van der Waals surface area (Å²) in [4.78, 5) is 3.97. The van der Waals surface area contributed by atoms with E-state index in [-0.39, 0.29) is 11.5 Å². The van der Waals surface area contributed by atoms with Crippen LogP contribution in [0.4, 0.5) is 14.7 Å². The van der Waals surface area contributed by atoms with Crippen molar-refractivity contribution in [2.45, 2.75) is 19.4 Å². The van der Waals surface area contributed by atoms with Gasteiger partial charge in [0.25, 0.3) is 0 Å². The molecule has 0 amide bonds. The van der Waals surface area contributed by atoms with Crippen LogP contribution in [0.25, 0.3) is 11.0 Å². The molecule has 1 fully saturated rings. The van der Waals surface area contributed by atoms with Crippen LogP contribution in [-0.4, -0.2) is 22.8 Å². The van der Waals surface area contributed by atoms with Gasteiger partial charge in [-0.25, -0.2) is 13.8 Å². The highest BCUT2D eigenvalue weighted by molar-refractivity contribution is 5.79. The Labute approximate surface area is 109 Å². The summed E-state index contributed by atoms with van der Waals surface area (Å²) in [5.74, 6) is -0.589. The molecule has 0 aliphatic carbocycles. The molecule has 19 heavy (non-hydrogen) atoms. The van der Waals surface area contributed by atoms with Crippen LogP contribution in [0, 0.1) is 17.6 Å². The van der Waals surface area contributed by atoms with Crippen LogP contribution in [-0.2, 0) is 11.3 Å². The van der Waals surface area contributed by atoms with Crippen molar-refractivity contribution in [2.24, 2.45) is 5.92 Å². The Kier molecular flexibility index (Phi) is 3.10. The van der Waals surface area contributed by atoms with Gasteiger partial charge in [0.15, 0.2) is 5.82 Å². The Bertz CT molecular complexity index is 605. The van der Waals surface area contributed by atoms with E-state index in [0.29, 0.717) is 18.0 Å². The lowest BCUT2D eigenvalue weighted by Crippen LogP contribution is -2.08. The number of nitrogen functional groups attached to an aromatic ring is 1. The molecule has 1 aromatic carbocycles. The molecular formula is C13H15F2N3O. The Morgan fingerprint density at radius 1 is 1.42 bits per heavy atom. The fourth-order valence-electron chi connectivity index (χ4n) is 2.52. The molecule has 102 valence electrons. The van der Waals surface area contributed by atoms with Crippen molar-refractivity contribution in [3.05, 3.63) is 23.8 Å². The minimum Gasteiger partial charge on any atom is -0.381 e. The molecule has 2 aromatic rings. The standard InChI is InChI=1S/C13H15F2N3O/c14-9-5-10(15)12-11(6-9)18(13(16)17-12)3-1-8-2-4-19-7-8/h5-6,8H,1-4,7H2,(H2,16,17). The number of anilines is 1. The molecule has 6 heteroatoms. The fourth-order valence-corrected chi connectivity index (χ4v) is 2.52. The quantitative estimate of drug-likeness (QED) is 0.928. The van der Waals surface area contributed by atoms with E-state index in [9.17, 15) is 8.78 Å². The number of fused-ring (bicyclic) bond motifs is 1. The summed E-state index contributed by atoms with van der Waals surface area (Å²) in [5, 5.41) is 0. The maximum Gasteiger partial charge on any atom is 0.201 e. The third kappa shape index (κ3) is 2.28. The molecule has 2 heterocycles. The molecule has 1 aromatic heterocycles. The molecule has 0 saturated carbocycles. The van der Waals surface area contributed by atoms with E-state index >= 15 is 0 Å². The van der Waals surface area contributed by atoms with Gasteiger partial charge in [-0.3, -0.25) is 0 Å². The van der Waals surface area contributed by atoms with E-state index in [1.807, 2.05) is 0 Å². The number of benzene rings is 1. The molecule has 0 bridgehead atoms. The first-order valence-electron chi connectivity index (χ1n) is 6.33. The molecule has 1 saturated heterocycles. The molecule has 1 aliphatic rings. The summed E-state index contributed by atoms with van der Waals surface area (Å²) < 4.78 is 33.8. The number of imidazole rings is 1. The summed E-state index contributed by atoms with van der Waals surface area (Å²) in [6.45, 7) is 2.13. The van der Waals surface area contributed by atoms with Gasteiger partial charge in [0.1, 0.15) is 11.3 Å². The zero-order valence-corrected chi connectivity index (χ0v) is 10.4. The largest absolute Gasteiger partial charge is 0.381 e. The zero-order valence-electron chi connectivity index (χ0n) is 10.4. The van der Waals surface area contributed by atoms with Gasteiger partial charge in [0.05, 0.1) is 5.52 Å². The zero-order chi connectivity index (χ0) is 13.4. The van der Waals surface area contributed by atoms with Crippen LogP contribution in [0.5, 0.6) is 0 Å². The number of rotatable bonds is 3. The van der Waals surface area contributed by atoms with E-state index < -0.39 is 11.6 Å². The van der Waals surface area contributed by atoms with Crippen molar-refractivity contribution < 1.29 is 13.5 Å². The number of ether oxygens (including phenoxy) is 1. The first-order valence-corrected chi connectivity index (χ1v) is 6.33. The van der Waals surface area contributed by atoms with Crippen LogP contribution in [0.3, 0.4) is 0 Å². The fraction of sp³-hybridized carbons (Fsp3) is 0.462. The summed E-state index contributed by atoms with van der Waals surface area (Å²) in [7, 11) is 0. The molecule has 4 nitrogen and oxygen atoms in total. The SMILES string of the molecule is Nc1nc2c(F)cc(F)cc2n1CCC1CCOC1. The monoisotopic (exact) mass is 267 g/mol. The minimum atomic E-state index is -0.676. The molecule has 0 radical (unpaired) electrons. The van der Waals surface area contributed by atoms with Gasteiger partial charge >= 0.3 is 0 Å². The predicted octanol–water partition coefficient (Wildman–Crippen LogP) is 2.32. The first kappa shape index (κ1) is 12.3. The van der Waals surface area contributed by atoms with Crippen molar-refractivity contribution in [1.29, 1.82) is 0 Å². The van der Waals surface area contributed by atoms with Crippen molar-refractivity contribution in [3.63, 3.8) is 0 Å². The Morgan fingerprint density at radius 2 is 2.26 bits per heavy atom. The van der Waals surface area contributed by atoms with Gasteiger partial charge in [0.2, 0.25) is 5.95 Å². The van der Waals surface area contributed by atoms with Crippen molar-refractivity contribution in [1.82, 2.24) is 9.55 Å². The van der Waals surface area contributed by atoms with Gasteiger partial charge < -0.3 is 15.0 Å². The highest BCUT2D eigenvalue weighted by atomic mass is 19.1. The average Bonchev–Trinajstić information content (AvgIpc) is 2.95. The van der Waals surface area contributed by atoms with Gasteiger partial charge in [-0.15, -0.1) is 0 Å². The van der Waals surface area contributed by atoms with Gasteiger partial charge in [-0.2, -0.15) is 0 Å². The van der Waals surface area contributed by atoms with Gasteiger partial charge in [-0.05, 0) is 18.8 Å². The highest BCUT2D eigenvalue weighted by Gasteiger charge is 2.18. The summed E-state index contributed by atoms with van der Waals surface area (Å²) >= 11 is 0. The molecular weight excluding hydrogens is 252 g/mol. The lowest BCUT2D eigenvalue weighted by molar-refractivity contribution is 0.183. The van der Waals surface area contributed by atoms with E-state index in [2.05, 4.69) is 4.98 Å². The van der Waals surface area contributed by atoms with Crippen molar-refractivity contribution >= 4 is 17.0 Å². The number of aromatic nitrogens is 2. The lowest BCUT2D eigenvalue weighted by atomic mass is 10.1. The van der Waals surface area contributed by atoms with Crippen LogP contribution in [0.15, 0.2) is 12.1 Å². The maximum absolute atomic E-state index is 13.6. The summed E-state index contributed by atoms with van der Waals surface area (Å²) in [5.41, 5.74) is 6.33. The second-order valence-electron chi connectivity index (χ2n) is 4.90. The number of hydrogen-bond donors (Lipinski definition) is 1. The number of halogens is 2. The van der Waals surface area contributed by atoms with Crippen LogP contribution in [0.1, 0.15) is 12.8 Å². The van der Waals surface area contributed by atoms with Crippen LogP contribution >= 0.6 is 0 Å². The number of hydrogen-bond acceptors (Lipinski definition) is 3. The Balaban J connectivity index is 1.91. The normalized spacial score (nSPS) is 19.4. The van der Waals surface area contributed by atoms with Crippen molar-refractivity contribution in [2.75, 3.05) is 18.9 Å². The van der Waals surface area contributed by atoms with E-state index in [0.717, 1.165) is 32.1 Å². The second-order valence-corrected chi connectivity index (χ2v) is 4.90. The summed E-state index contributed by atoms with van der Waals surface area (Å²) in [6.07, 6.45) is 1.89. The van der Waals surface area contributed by atoms with Crippen LogP contribution in [0.2, 0.25) is 0 Å². The van der Waals surface area contributed by atoms with E-state index in [1.165, 1.54) is 6.07 Å². The Morgan fingerprint density at radius 3 is 3.00 bits per heavy atom. The molecule has 2 N–H and O–H groups in total. The van der Waals surface area contributed by atoms with Gasteiger partial charge in [-0.1, -0.05) is 0 Å². The average molecular weight is 267 g/mol. The number of nitrogens with two attached hydrogens (primary N) is 1. The molecule has 3 rings (SSSR count).